The lowest BCUT2D eigenvalue weighted by molar-refractivity contribution is -0.115. The molecule has 3 rings (SSSR count). The molecule has 1 fully saturated rings. The fraction of sp³-hybridized carbons (Fsp3) is 0.273. The van der Waals surface area contributed by atoms with Crippen LogP contribution in [0.5, 0.6) is 17.2 Å². The van der Waals surface area contributed by atoms with Gasteiger partial charge in [0.05, 0.1) is 25.2 Å². The lowest BCUT2D eigenvalue weighted by Gasteiger charge is -2.12. The molecule has 8 heteroatoms. The van der Waals surface area contributed by atoms with Gasteiger partial charge < -0.3 is 24.3 Å². The highest BCUT2D eigenvalue weighted by Crippen LogP contribution is 2.31. The van der Waals surface area contributed by atoms with E-state index in [9.17, 15) is 4.79 Å². The molecule has 0 atom stereocenters. The van der Waals surface area contributed by atoms with Gasteiger partial charge in [0.2, 0.25) is 0 Å². The molecular formula is C22H23NO5S2. The number of carbonyl (C=O) groups excluding carboxylic acids is 1. The maximum Gasteiger partial charge on any atom is 0.263 e. The topological polar surface area (TPSA) is 66.0 Å². The Labute approximate surface area is 185 Å². The fourth-order valence-electron chi connectivity index (χ4n) is 2.71. The number of carbonyl (C=O) groups is 1. The maximum absolute atomic E-state index is 11.8. The molecule has 0 radical (unpaired) electrons. The van der Waals surface area contributed by atoms with Gasteiger partial charge in [0, 0.05) is 0 Å². The minimum atomic E-state index is -0.187. The van der Waals surface area contributed by atoms with Gasteiger partial charge >= 0.3 is 0 Å². The number of para-hydroxylation sites is 1. The molecule has 30 heavy (non-hydrogen) atoms. The average molecular weight is 446 g/mol. The molecule has 0 saturated carbocycles. The quantitative estimate of drug-likeness (QED) is 0.337. The number of hydrogen-bond acceptors (Lipinski definition) is 7. The first-order chi connectivity index (χ1) is 14.6. The normalized spacial score (nSPS) is 14.7. The van der Waals surface area contributed by atoms with E-state index < -0.39 is 0 Å². The first-order valence-electron chi connectivity index (χ1n) is 9.38. The molecule has 0 aromatic heterocycles. The SMILES string of the molecule is COc1cc(/C=C2/SC(=S)NC2=O)ccc1OCCOCCOc1ccccc1C. The number of amides is 1. The molecule has 158 valence electrons. The summed E-state index contributed by atoms with van der Waals surface area (Å²) in [6.45, 7) is 3.78. The molecule has 1 heterocycles. The van der Waals surface area contributed by atoms with Crippen LogP contribution < -0.4 is 19.5 Å². The van der Waals surface area contributed by atoms with Crippen molar-refractivity contribution in [1.29, 1.82) is 0 Å². The van der Waals surface area contributed by atoms with Crippen LogP contribution in [0.4, 0.5) is 0 Å². The van der Waals surface area contributed by atoms with Gasteiger partial charge in [-0.15, -0.1) is 0 Å². The van der Waals surface area contributed by atoms with Crippen LogP contribution in [0.15, 0.2) is 47.4 Å². The van der Waals surface area contributed by atoms with Crippen molar-refractivity contribution in [1.82, 2.24) is 5.32 Å². The van der Waals surface area contributed by atoms with Gasteiger partial charge in [0.1, 0.15) is 23.3 Å². The second-order valence-corrected chi connectivity index (χ2v) is 8.06. The van der Waals surface area contributed by atoms with Crippen molar-refractivity contribution in [3.63, 3.8) is 0 Å². The van der Waals surface area contributed by atoms with Crippen LogP contribution in [0.1, 0.15) is 11.1 Å². The van der Waals surface area contributed by atoms with Crippen LogP contribution in [0.2, 0.25) is 0 Å². The molecule has 1 aliphatic rings. The summed E-state index contributed by atoms with van der Waals surface area (Å²) in [6, 6.07) is 13.4. The second-order valence-electron chi connectivity index (χ2n) is 6.34. The highest BCUT2D eigenvalue weighted by Gasteiger charge is 2.22. The van der Waals surface area contributed by atoms with Gasteiger partial charge in [-0.1, -0.05) is 48.2 Å². The van der Waals surface area contributed by atoms with Gasteiger partial charge in [-0.25, -0.2) is 0 Å². The molecule has 1 N–H and O–H groups in total. The van der Waals surface area contributed by atoms with E-state index in [1.165, 1.54) is 11.8 Å². The maximum atomic E-state index is 11.8. The summed E-state index contributed by atoms with van der Waals surface area (Å²) in [4.78, 5) is 12.3. The largest absolute Gasteiger partial charge is 0.493 e. The van der Waals surface area contributed by atoms with Crippen LogP contribution in [-0.4, -0.2) is 43.8 Å². The lowest BCUT2D eigenvalue weighted by atomic mass is 10.2. The molecule has 0 aliphatic carbocycles. The third-order valence-corrected chi connectivity index (χ3v) is 5.35. The van der Waals surface area contributed by atoms with Gasteiger partial charge in [0.25, 0.3) is 5.91 Å². The zero-order valence-corrected chi connectivity index (χ0v) is 18.4. The minimum absolute atomic E-state index is 0.187. The summed E-state index contributed by atoms with van der Waals surface area (Å²) in [6.07, 6.45) is 1.77. The Morgan fingerprint density at radius 3 is 2.40 bits per heavy atom. The highest BCUT2D eigenvalue weighted by molar-refractivity contribution is 8.26. The zero-order valence-electron chi connectivity index (χ0n) is 16.8. The van der Waals surface area contributed by atoms with Gasteiger partial charge in [-0.05, 0) is 42.3 Å². The van der Waals surface area contributed by atoms with Crippen LogP contribution in [0.25, 0.3) is 6.08 Å². The number of methoxy groups -OCH3 is 1. The standard InChI is InChI=1S/C22H23NO5S2/c1-15-5-3-4-6-17(15)27-11-9-26-10-12-28-18-8-7-16(13-19(18)25-2)14-20-21(24)23-22(29)30-20/h3-8,13-14H,9-12H2,1-2H3,(H,23,24,29)/b20-14+. The van der Waals surface area contributed by atoms with Crippen LogP contribution in [0, 0.1) is 6.92 Å². The fourth-order valence-corrected chi connectivity index (χ4v) is 3.75. The van der Waals surface area contributed by atoms with Crippen LogP contribution in [-0.2, 0) is 9.53 Å². The van der Waals surface area contributed by atoms with Crippen molar-refractivity contribution in [3.05, 3.63) is 58.5 Å². The van der Waals surface area contributed by atoms with Crippen LogP contribution in [0.3, 0.4) is 0 Å². The van der Waals surface area contributed by atoms with E-state index in [0.717, 1.165) is 16.9 Å². The molecule has 2 aromatic rings. The third kappa shape index (κ3) is 6.22. The summed E-state index contributed by atoms with van der Waals surface area (Å²) in [5.41, 5.74) is 1.92. The van der Waals surface area contributed by atoms with Gasteiger partial charge in [-0.2, -0.15) is 0 Å². The average Bonchev–Trinajstić information content (AvgIpc) is 3.05. The van der Waals surface area contributed by atoms with E-state index in [2.05, 4.69) is 5.32 Å². The summed E-state index contributed by atoms with van der Waals surface area (Å²) >= 11 is 6.24. The van der Waals surface area contributed by atoms with E-state index in [0.29, 0.717) is 47.2 Å². The number of thiocarbonyl (C=S) groups is 1. The van der Waals surface area contributed by atoms with E-state index >= 15 is 0 Å². The predicted octanol–water partition coefficient (Wildman–Crippen LogP) is 3.97. The smallest absolute Gasteiger partial charge is 0.263 e. The first kappa shape index (κ1) is 22.1. The van der Waals surface area contributed by atoms with Crippen molar-refractivity contribution in [2.24, 2.45) is 0 Å². The number of hydrogen-bond donors (Lipinski definition) is 1. The summed E-state index contributed by atoms with van der Waals surface area (Å²) < 4.78 is 22.9. The molecule has 6 nitrogen and oxygen atoms in total. The molecule has 1 amide bonds. The summed E-state index contributed by atoms with van der Waals surface area (Å²) in [5.74, 6) is 1.87. The summed E-state index contributed by atoms with van der Waals surface area (Å²) in [5, 5.41) is 2.60. The predicted molar refractivity (Wildman–Crippen MR) is 122 cm³/mol. The van der Waals surface area contributed by atoms with Crippen molar-refractivity contribution in [2.45, 2.75) is 6.92 Å². The summed E-state index contributed by atoms with van der Waals surface area (Å²) in [7, 11) is 1.57. The van der Waals surface area contributed by atoms with E-state index in [4.69, 9.17) is 31.2 Å². The molecule has 0 spiro atoms. The monoisotopic (exact) mass is 445 g/mol. The Morgan fingerprint density at radius 1 is 1.00 bits per heavy atom. The van der Waals surface area contributed by atoms with Gasteiger partial charge in [0.15, 0.2) is 11.5 Å². The molecule has 0 unspecified atom stereocenters. The molecule has 0 bridgehead atoms. The molecule has 2 aromatic carbocycles. The Balaban J connectivity index is 1.43. The van der Waals surface area contributed by atoms with Crippen molar-refractivity contribution in [3.8, 4) is 17.2 Å². The van der Waals surface area contributed by atoms with Crippen molar-refractivity contribution < 1.29 is 23.7 Å². The van der Waals surface area contributed by atoms with E-state index in [1.807, 2.05) is 49.4 Å². The lowest BCUT2D eigenvalue weighted by Crippen LogP contribution is -2.17. The Morgan fingerprint density at radius 2 is 1.73 bits per heavy atom. The minimum Gasteiger partial charge on any atom is -0.493 e. The second kappa shape index (κ2) is 11.0. The van der Waals surface area contributed by atoms with E-state index in [-0.39, 0.29) is 5.91 Å². The molecular weight excluding hydrogens is 422 g/mol. The zero-order chi connectivity index (χ0) is 21.3. The van der Waals surface area contributed by atoms with E-state index in [1.54, 1.807) is 13.2 Å². The number of ether oxygens (including phenoxy) is 4. The van der Waals surface area contributed by atoms with Crippen LogP contribution >= 0.6 is 24.0 Å². The van der Waals surface area contributed by atoms with Crippen molar-refractivity contribution >= 4 is 40.3 Å². The number of benzene rings is 2. The number of rotatable bonds is 10. The highest BCUT2D eigenvalue weighted by atomic mass is 32.2. The third-order valence-electron chi connectivity index (χ3n) is 4.19. The van der Waals surface area contributed by atoms with Crippen molar-refractivity contribution in [2.75, 3.05) is 33.5 Å². The van der Waals surface area contributed by atoms with Gasteiger partial charge in [-0.3, -0.25) is 4.79 Å². The Kier molecular flexibility index (Phi) is 8.12. The first-order valence-corrected chi connectivity index (χ1v) is 10.6. The number of nitrogens with one attached hydrogen (secondary N) is 1. The molecule has 1 saturated heterocycles. The number of aryl methyl sites for hydroxylation is 1. The molecule has 1 aliphatic heterocycles. The Bertz CT molecular complexity index is 945. The Hall–Kier alpha value is -2.55. The number of thioether (sulfide) groups is 1.